The fourth-order valence-corrected chi connectivity index (χ4v) is 3.81. The fourth-order valence-electron chi connectivity index (χ4n) is 2.94. The summed E-state index contributed by atoms with van der Waals surface area (Å²) in [6, 6.07) is 14.0. The predicted molar refractivity (Wildman–Crippen MR) is 113 cm³/mol. The lowest BCUT2D eigenvalue weighted by Crippen LogP contribution is -2.28. The van der Waals surface area contributed by atoms with Crippen molar-refractivity contribution in [3.8, 4) is 0 Å². The molecule has 1 aromatic heterocycles. The van der Waals surface area contributed by atoms with Crippen LogP contribution in [0.2, 0.25) is 5.02 Å². The molecule has 0 aliphatic heterocycles. The van der Waals surface area contributed by atoms with Crippen molar-refractivity contribution in [1.82, 2.24) is 15.3 Å². The summed E-state index contributed by atoms with van der Waals surface area (Å²) in [5, 5.41) is 4.42. The lowest BCUT2D eigenvalue weighted by molar-refractivity contribution is -0.119. The third-order valence-electron chi connectivity index (χ3n) is 4.26. The molecule has 1 amide bonds. The third-order valence-corrected chi connectivity index (χ3v) is 5.37. The topological polar surface area (TPSA) is 57.8 Å². The maximum Gasteiger partial charge on any atom is 0.230 e. The number of nitrogens with one attached hydrogen (secondary N) is 2. The van der Waals surface area contributed by atoms with Crippen LogP contribution in [0.4, 0.5) is 0 Å². The smallest absolute Gasteiger partial charge is 0.230 e. The first-order valence-corrected chi connectivity index (χ1v) is 10.4. The Morgan fingerprint density at radius 3 is 2.63 bits per heavy atom. The summed E-state index contributed by atoms with van der Waals surface area (Å²) in [7, 11) is 0. The molecular weight excluding hydrogens is 378 g/mol. The largest absolute Gasteiger partial charge is 0.349 e. The van der Waals surface area contributed by atoms with E-state index in [1.165, 1.54) is 17.3 Å². The Kier molecular flexibility index (Phi) is 6.45. The van der Waals surface area contributed by atoms with Gasteiger partial charge in [-0.05, 0) is 48.6 Å². The molecule has 2 N–H and O–H groups in total. The molecule has 142 valence electrons. The van der Waals surface area contributed by atoms with Gasteiger partial charge in [0.05, 0.1) is 22.8 Å². The van der Waals surface area contributed by atoms with Crippen molar-refractivity contribution in [3.63, 3.8) is 0 Å². The fraction of sp³-hybridized carbons (Fsp3) is 0.333. The summed E-state index contributed by atoms with van der Waals surface area (Å²) < 4.78 is 0. The van der Waals surface area contributed by atoms with Crippen LogP contribution in [0, 0.1) is 5.92 Å². The summed E-state index contributed by atoms with van der Waals surface area (Å²) in [5.74, 6) is 0.931. The van der Waals surface area contributed by atoms with Crippen LogP contribution in [0.25, 0.3) is 11.0 Å². The second-order valence-electron chi connectivity index (χ2n) is 7.12. The molecule has 27 heavy (non-hydrogen) atoms. The molecule has 1 atom stereocenters. The Labute approximate surface area is 169 Å². The van der Waals surface area contributed by atoms with Crippen LogP contribution in [0.5, 0.6) is 0 Å². The van der Waals surface area contributed by atoms with Crippen molar-refractivity contribution in [2.75, 3.05) is 5.75 Å². The van der Waals surface area contributed by atoms with E-state index in [0.29, 0.717) is 21.8 Å². The second-order valence-corrected chi connectivity index (χ2v) is 8.52. The SMILES string of the molecule is CC(C)Cc1ccc([C@@H](C)NC(=O)CSc2nc3ccc(Cl)cc3[nH]2)cc1. The van der Waals surface area contributed by atoms with Crippen molar-refractivity contribution < 1.29 is 4.79 Å². The minimum atomic E-state index is -0.0271. The summed E-state index contributed by atoms with van der Waals surface area (Å²) in [6.07, 6.45) is 1.07. The summed E-state index contributed by atoms with van der Waals surface area (Å²) in [4.78, 5) is 19.9. The average molecular weight is 402 g/mol. The molecule has 0 fully saturated rings. The molecule has 3 rings (SSSR count). The van der Waals surface area contributed by atoms with Gasteiger partial charge in [0.25, 0.3) is 0 Å². The Hall–Kier alpha value is -1.98. The number of hydrogen-bond acceptors (Lipinski definition) is 3. The lowest BCUT2D eigenvalue weighted by atomic mass is 10.00. The maximum absolute atomic E-state index is 12.3. The number of aromatic nitrogens is 2. The molecule has 1 heterocycles. The molecule has 0 spiro atoms. The molecule has 0 aliphatic carbocycles. The van der Waals surface area contributed by atoms with E-state index in [2.05, 4.69) is 53.4 Å². The molecule has 3 aromatic rings. The van der Waals surface area contributed by atoms with Gasteiger partial charge in [-0.3, -0.25) is 4.79 Å². The van der Waals surface area contributed by atoms with E-state index < -0.39 is 0 Å². The predicted octanol–water partition coefficient (Wildman–Crippen LogP) is 5.38. The molecule has 0 bridgehead atoms. The van der Waals surface area contributed by atoms with Gasteiger partial charge < -0.3 is 10.3 Å². The summed E-state index contributed by atoms with van der Waals surface area (Å²) >= 11 is 7.37. The second kappa shape index (κ2) is 8.81. The zero-order valence-electron chi connectivity index (χ0n) is 15.8. The number of imidazole rings is 1. The highest BCUT2D eigenvalue weighted by Gasteiger charge is 2.12. The van der Waals surface area contributed by atoms with Crippen LogP contribution in [-0.2, 0) is 11.2 Å². The average Bonchev–Trinajstić information content (AvgIpc) is 3.02. The summed E-state index contributed by atoms with van der Waals surface area (Å²) in [5.41, 5.74) is 4.16. The number of hydrogen-bond donors (Lipinski definition) is 2. The van der Waals surface area contributed by atoms with Gasteiger partial charge in [-0.2, -0.15) is 0 Å². The van der Waals surface area contributed by atoms with Gasteiger partial charge in [-0.25, -0.2) is 4.98 Å². The number of fused-ring (bicyclic) bond motifs is 1. The number of thioether (sulfide) groups is 1. The first-order chi connectivity index (χ1) is 12.9. The van der Waals surface area contributed by atoms with Gasteiger partial charge in [0.15, 0.2) is 5.16 Å². The first-order valence-electron chi connectivity index (χ1n) is 9.07. The number of carbonyl (C=O) groups excluding carboxylic acids is 1. The molecule has 0 radical (unpaired) electrons. The zero-order valence-corrected chi connectivity index (χ0v) is 17.3. The van der Waals surface area contributed by atoms with Gasteiger partial charge in [0, 0.05) is 5.02 Å². The number of H-pyrrole nitrogens is 1. The lowest BCUT2D eigenvalue weighted by Gasteiger charge is -2.15. The Bertz CT molecular complexity index is 921. The highest BCUT2D eigenvalue weighted by molar-refractivity contribution is 7.99. The van der Waals surface area contributed by atoms with E-state index in [4.69, 9.17) is 11.6 Å². The van der Waals surface area contributed by atoms with Gasteiger partial charge in [0.2, 0.25) is 5.91 Å². The molecule has 6 heteroatoms. The van der Waals surface area contributed by atoms with E-state index in [9.17, 15) is 4.79 Å². The van der Waals surface area contributed by atoms with Crippen molar-refractivity contribution in [1.29, 1.82) is 0 Å². The van der Waals surface area contributed by atoms with E-state index in [0.717, 1.165) is 23.0 Å². The zero-order chi connectivity index (χ0) is 19.4. The minimum Gasteiger partial charge on any atom is -0.349 e. The Morgan fingerprint density at radius 1 is 1.19 bits per heavy atom. The number of nitrogens with zero attached hydrogens (tertiary/aromatic N) is 1. The minimum absolute atomic E-state index is 0.0164. The monoisotopic (exact) mass is 401 g/mol. The number of halogens is 1. The highest BCUT2D eigenvalue weighted by atomic mass is 35.5. The van der Waals surface area contributed by atoms with Crippen LogP contribution in [0.15, 0.2) is 47.6 Å². The quantitative estimate of drug-likeness (QED) is 0.522. The van der Waals surface area contributed by atoms with Crippen LogP contribution in [-0.4, -0.2) is 21.6 Å². The third kappa shape index (κ3) is 5.50. The van der Waals surface area contributed by atoms with Crippen molar-refractivity contribution >= 4 is 40.3 Å². The van der Waals surface area contributed by atoms with E-state index in [-0.39, 0.29) is 11.9 Å². The molecule has 0 aliphatic rings. The van der Waals surface area contributed by atoms with Crippen molar-refractivity contribution in [3.05, 3.63) is 58.6 Å². The Morgan fingerprint density at radius 2 is 1.93 bits per heavy atom. The van der Waals surface area contributed by atoms with Gasteiger partial charge in [-0.15, -0.1) is 0 Å². The number of benzene rings is 2. The van der Waals surface area contributed by atoms with Gasteiger partial charge >= 0.3 is 0 Å². The molecule has 0 saturated heterocycles. The van der Waals surface area contributed by atoms with Gasteiger partial charge in [0.1, 0.15) is 0 Å². The summed E-state index contributed by atoms with van der Waals surface area (Å²) in [6.45, 7) is 6.43. The molecular formula is C21H24ClN3OS. The van der Waals surface area contributed by atoms with Crippen molar-refractivity contribution in [2.45, 2.75) is 38.4 Å². The van der Waals surface area contributed by atoms with E-state index in [1.54, 1.807) is 6.07 Å². The van der Waals surface area contributed by atoms with Crippen LogP contribution in [0.3, 0.4) is 0 Å². The highest BCUT2D eigenvalue weighted by Crippen LogP contribution is 2.22. The van der Waals surface area contributed by atoms with E-state index in [1.807, 2.05) is 19.1 Å². The normalized spacial score (nSPS) is 12.5. The first kappa shape index (κ1) is 19.8. The van der Waals surface area contributed by atoms with Gasteiger partial charge in [-0.1, -0.05) is 61.5 Å². The van der Waals surface area contributed by atoms with Crippen molar-refractivity contribution in [2.24, 2.45) is 5.92 Å². The Balaban J connectivity index is 1.53. The maximum atomic E-state index is 12.3. The molecule has 0 saturated carbocycles. The molecule has 2 aromatic carbocycles. The van der Waals surface area contributed by atoms with E-state index >= 15 is 0 Å². The molecule has 4 nitrogen and oxygen atoms in total. The van der Waals surface area contributed by atoms with Crippen LogP contribution >= 0.6 is 23.4 Å². The van der Waals surface area contributed by atoms with Crippen LogP contribution < -0.4 is 5.32 Å². The standard InChI is InChI=1S/C21H24ClN3OS/c1-13(2)10-15-4-6-16(7-5-15)14(3)23-20(26)12-27-21-24-18-9-8-17(22)11-19(18)25-21/h4-9,11,13-14H,10,12H2,1-3H3,(H,23,26)(H,24,25)/t14-/m1/s1. The number of rotatable bonds is 7. The number of amides is 1. The number of carbonyl (C=O) groups is 1. The van der Waals surface area contributed by atoms with Crippen LogP contribution in [0.1, 0.15) is 37.9 Å². The number of aromatic amines is 1. The molecule has 0 unspecified atom stereocenters.